The van der Waals surface area contributed by atoms with Gasteiger partial charge >= 0.3 is 0 Å². The summed E-state index contributed by atoms with van der Waals surface area (Å²) in [5.74, 6) is 0. The first-order valence-electron chi connectivity index (χ1n) is 3.97. The summed E-state index contributed by atoms with van der Waals surface area (Å²) in [5.41, 5.74) is 6.93. The van der Waals surface area contributed by atoms with Crippen molar-refractivity contribution in [3.63, 3.8) is 0 Å². The minimum Gasteiger partial charge on any atom is -0.399 e. The van der Waals surface area contributed by atoms with E-state index in [0.717, 1.165) is 0 Å². The van der Waals surface area contributed by atoms with Crippen molar-refractivity contribution in [3.8, 4) is 0 Å². The summed E-state index contributed by atoms with van der Waals surface area (Å²) in [6, 6.07) is 0. The molecular formula is C10H13NO2. The van der Waals surface area contributed by atoms with E-state index in [0.29, 0.717) is 11.3 Å². The molecule has 0 heterocycles. The molecule has 0 aromatic heterocycles. The number of nitrogens with two attached hydrogens (primary N) is 1. The van der Waals surface area contributed by atoms with Crippen LogP contribution in [0, 0.1) is 0 Å². The van der Waals surface area contributed by atoms with E-state index in [4.69, 9.17) is 10.5 Å². The molecular weight excluding hydrogens is 166 g/mol. The van der Waals surface area contributed by atoms with Gasteiger partial charge in [-0.05, 0) is 12.2 Å². The van der Waals surface area contributed by atoms with Crippen molar-refractivity contribution in [1.82, 2.24) is 0 Å². The molecule has 1 unspecified atom stereocenters. The van der Waals surface area contributed by atoms with Gasteiger partial charge in [-0.15, -0.1) is 0 Å². The molecule has 1 rings (SSSR count). The third-order valence-electron chi connectivity index (χ3n) is 1.66. The first-order valence-corrected chi connectivity index (χ1v) is 3.97. The molecule has 0 bridgehead atoms. The summed E-state index contributed by atoms with van der Waals surface area (Å²) in [6.45, 7) is 0. The van der Waals surface area contributed by atoms with Crippen molar-refractivity contribution < 1.29 is 9.84 Å². The van der Waals surface area contributed by atoms with Gasteiger partial charge in [0.2, 0.25) is 0 Å². The number of hydrogen-bond acceptors (Lipinski definition) is 3. The Labute approximate surface area is 77.5 Å². The van der Waals surface area contributed by atoms with Crippen LogP contribution in [0.1, 0.15) is 0 Å². The van der Waals surface area contributed by atoms with Gasteiger partial charge in [0.05, 0.1) is 0 Å². The second-order valence-corrected chi connectivity index (χ2v) is 2.64. The summed E-state index contributed by atoms with van der Waals surface area (Å²) < 4.78 is 4.76. The lowest BCUT2D eigenvalue weighted by atomic mass is 10.1. The summed E-state index contributed by atoms with van der Waals surface area (Å²) in [7, 11) is 1.45. The van der Waals surface area contributed by atoms with E-state index in [2.05, 4.69) is 0 Å². The van der Waals surface area contributed by atoms with E-state index in [1.807, 2.05) is 0 Å². The number of ether oxygens (including phenoxy) is 1. The Morgan fingerprint density at radius 1 is 1.31 bits per heavy atom. The predicted octanol–water partition coefficient (Wildman–Crippen LogP) is 0.846. The molecule has 0 radical (unpaired) electrons. The zero-order valence-electron chi connectivity index (χ0n) is 7.47. The number of methoxy groups -OCH3 is 1. The van der Waals surface area contributed by atoms with Crippen LogP contribution in [0.3, 0.4) is 0 Å². The van der Waals surface area contributed by atoms with Gasteiger partial charge in [-0.2, -0.15) is 0 Å². The second-order valence-electron chi connectivity index (χ2n) is 2.64. The number of rotatable bonds is 2. The SMILES string of the molecule is COC(O)C1=C/C=C\C(N)=C/C=C1. The van der Waals surface area contributed by atoms with E-state index < -0.39 is 6.29 Å². The van der Waals surface area contributed by atoms with E-state index in [1.54, 1.807) is 36.5 Å². The molecule has 70 valence electrons. The third-order valence-corrected chi connectivity index (χ3v) is 1.66. The lowest BCUT2D eigenvalue weighted by Crippen LogP contribution is -2.11. The normalized spacial score (nSPS) is 25.1. The van der Waals surface area contributed by atoms with Gasteiger partial charge in [0.15, 0.2) is 6.29 Å². The minimum atomic E-state index is -0.881. The zero-order valence-corrected chi connectivity index (χ0v) is 7.47. The van der Waals surface area contributed by atoms with Crippen LogP contribution in [0.2, 0.25) is 0 Å². The molecule has 1 aliphatic carbocycles. The predicted molar refractivity (Wildman–Crippen MR) is 51.6 cm³/mol. The topological polar surface area (TPSA) is 55.5 Å². The van der Waals surface area contributed by atoms with Gasteiger partial charge < -0.3 is 15.6 Å². The van der Waals surface area contributed by atoms with Gasteiger partial charge in [-0.25, -0.2) is 0 Å². The van der Waals surface area contributed by atoms with Crippen LogP contribution in [0.15, 0.2) is 47.7 Å². The molecule has 0 fully saturated rings. The Kier molecular flexibility index (Phi) is 3.49. The van der Waals surface area contributed by atoms with Crippen LogP contribution in [0.25, 0.3) is 0 Å². The van der Waals surface area contributed by atoms with Crippen molar-refractivity contribution in [2.45, 2.75) is 6.29 Å². The lowest BCUT2D eigenvalue weighted by Gasteiger charge is -2.09. The van der Waals surface area contributed by atoms with Crippen LogP contribution in [-0.2, 0) is 4.74 Å². The standard InChI is InChI=1S/C10H13NO2/c1-13-10(12)8-4-2-6-9(11)7-3-5-8/h2-7,10,12H,11H2,1H3/b4-2?,5-3?,6-2-,7-3?,8-4?,8-5?,9-6?,9-7+. The van der Waals surface area contributed by atoms with Crippen molar-refractivity contribution in [2.24, 2.45) is 5.73 Å². The molecule has 0 aromatic rings. The van der Waals surface area contributed by atoms with E-state index in [9.17, 15) is 5.11 Å². The monoisotopic (exact) mass is 179 g/mol. The lowest BCUT2D eigenvalue weighted by molar-refractivity contribution is -0.0420. The zero-order chi connectivity index (χ0) is 9.68. The van der Waals surface area contributed by atoms with E-state index >= 15 is 0 Å². The van der Waals surface area contributed by atoms with Gasteiger partial charge in [0.1, 0.15) is 0 Å². The number of aliphatic hydroxyl groups is 1. The maximum absolute atomic E-state index is 9.34. The summed E-state index contributed by atoms with van der Waals surface area (Å²) in [4.78, 5) is 0. The molecule has 0 aromatic carbocycles. The average molecular weight is 179 g/mol. The van der Waals surface area contributed by atoms with Gasteiger partial charge in [-0.3, -0.25) is 0 Å². The Bertz CT molecular complexity index is 287. The molecule has 3 heteroatoms. The highest BCUT2D eigenvalue weighted by molar-refractivity contribution is 5.35. The van der Waals surface area contributed by atoms with Crippen molar-refractivity contribution in [2.75, 3.05) is 7.11 Å². The maximum atomic E-state index is 9.34. The highest BCUT2D eigenvalue weighted by Gasteiger charge is 2.04. The molecule has 1 atom stereocenters. The highest BCUT2D eigenvalue weighted by atomic mass is 16.6. The molecule has 0 saturated carbocycles. The molecule has 1 aliphatic rings. The van der Waals surface area contributed by atoms with Crippen LogP contribution in [0.4, 0.5) is 0 Å². The quantitative estimate of drug-likeness (QED) is 0.618. The smallest absolute Gasteiger partial charge is 0.180 e. The molecule has 0 aliphatic heterocycles. The fourth-order valence-corrected chi connectivity index (χ4v) is 0.952. The van der Waals surface area contributed by atoms with Crippen LogP contribution < -0.4 is 5.73 Å². The van der Waals surface area contributed by atoms with Crippen LogP contribution in [0.5, 0.6) is 0 Å². The van der Waals surface area contributed by atoms with E-state index in [-0.39, 0.29) is 0 Å². The van der Waals surface area contributed by atoms with Crippen LogP contribution in [-0.4, -0.2) is 18.5 Å². The summed E-state index contributed by atoms with van der Waals surface area (Å²) >= 11 is 0. The maximum Gasteiger partial charge on any atom is 0.180 e. The fraction of sp³-hybridized carbons (Fsp3) is 0.200. The Balaban J connectivity index is 2.80. The van der Waals surface area contributed by atoms with Crippen molar-refractivity contribution in [3.05, 3.63) is 47.7 Å². The first kappa shape index (κ1) is 9.77. The number of hydrogen-bond donors (Lipinski definition) is 2. The van der Waals surface area contributed by atoms with Gasteiger partial charge in [0.25, 0.3) is 0 Å². The first-order chi connectivity index (χ1) is 6.24. The van der Waals surface area contributed by atoms with Crippen molar-refractivity contribution in [1.29, 1.82) is 0 Å². The van der Waals surface area contributed by atoms with Crippen LogP contribution >= 0.6 is 0 Å². The Morgan fingerprint density at radius 2 is 2.00 bits per heavy atom. The van der Waals surface area contributed by atoms with E-state index in [1.165, 1.54) is 7.11 Å². The van der Waals surface area contributed by atoms with Gasteiger partial charge in [-0.1, -0.05) is 24.3 Å². The molecule has 13 heavy (non-hydrogen) atoms. The number of allylic oxidation sites excluding steroid dienone is 5. The Hall–Kier alpha value is -1.32. The molecule has 3 N–H and O–H groups in total. The third kappa shape index (κ3) is 2.89. The van der Waals surface area contributed by atoms with Crippen molar-refractivity contribution >= 4 is 0 Å². The number of aliphatic hydroxyl groups excluding tert-OH is 1. The largest absolute Gasteiger partial charge is 0.399 e. The summed E-state index contributed by atoms with van der Waals surface area (Å²) in [6.07, 6.45) is 9.68. The second kappa shape index (κ2) is 4.64. The van der Waals surface area contributed by atoms with Gasteiger partial charge in [0, 0.05) is 18.4 Å². The minimum absolute atomic E-state index is 0.679. The average Bonchev–Trinajstić information content (AvgIpc) is 2.10. The molecule has 3 nitrogen and oxygen atoms in total. The molecule has 0 amide bonds. The molecule has 0 saturated heterocycles. The highest BCUT2D eigenvalue weighted by Crippen LogP contribution is 2.08. The molecule has 0 spiro atoms. The fourth-order valence-electron chi connectivity index (χ4n) is 0.952. The summed E-state index contributed by atoms with van der Waals surface area (Å²) in [5, 5.41) is 9.34. The Morgan fingerprint density at radius 3 is 2.69 bits per heavy atom.